The lowest BCUT2D eigenvalue weighted by molar-refractivity contribution is -0.114. The second-order valence-corrected chi connectivity index (χ2v) is 3.38. The molecule has 1 aromatic rings. The van der Waals surface area contributed by atoms with Crippen LogP contribution in [0.3, 0.4) is 0 Å². The van der Waals surface area contributed by atoms with Crippen molar-refractivity contribution in [2.45, 2.75) is 13.3 Å². The molecule has 0 spiro atoms. The first-order chi connectivity index (χ1) is 7.74. The van der Waals surface area contributed by atoms with Crippen LogP contribution < -0.4 is 10.6 Å². The van der Waals surface area contributed by atoms with Gasteiger partial charge in [0.05, 0.1) is 5.69 Å². The highest BCUT2D eigenvalue weighted by Crippen LogP contribution is 2.13. The lowest BCUT2D eigenvalue weighted by Crippen LogP contribution is -2.07. The Morgan fingerprint density at radius 2 is 2.12 bits per heavy atom. The van der Waals surface area contributed by atoms with Crippen LogP contribution in [0, 0.1) is 11.8 Å². The van der Waals surface area contributed by atoms with Gasteiger partial charge in [-0.1, -0.05) is 24.0 Å². The van der Waals surface area contributed by atoms with Crippen LogP contribution in [-0.2, 0) is 4.79 Å². The molecule has 0 aromatic heterocycles. The van der Waals surface area contributed by atoms with Crippen molar-refractivity contribution in [2.75, 3.05) is 18.9 Å². The molecule has 84 valence electrons. The quantitative estimate of drug-likeness (QED) is 0.595. The predicted octanol–water partition coefficient (Wildman–Crippen LogP) is 1.61. The maximum atomic E-state index is 11.0. The molecule has 0 aliphatic carbocycles. The third-order valence-corrected chi connectivity index (χ3v) is 1.96. The SMILES string of the molecule is CNCCC#Cc1ccccc1NC(C)=O. The van der Waals surface area contributed by atoms with Gasteiger partial charge in [-0.2, -0.15) is 0 Å². The molecule has 0 saturated heterocycles. The largest absolute Gasteiger partial charge is 0.325 e. The summed E-state index contributed by atoms with van der Waals surface area (Å²) >= 11 is 0. The summed E-state index contributed by atoms with van der Waals surface area (Å²) in [5.41, 5.74) is 1.63. The second kappa shape index (κ2) is 6.65. The van der Waals surface area contributed by atoms with Crippen molar-refractivity contribution in [3.63, 3.8) is 0 Å². The fourth-order valence-electron chi connectivity index (χ4n) is 1.24. The second-order valence-electron chi connectivity index (χ2n) is 3.38. The van der Waals surface area contributed by atoms with E-state index in [-0.39, 0.29) is 5.91 Å². The average Bonchev–Trinajstić information content (AvgIpc) is 2.26. The van der Waals surface area contributed by atoms with E-state index in [2.05, 4.69) is 22.5 Å². The summed E-state index contributed by atoms with van der Waals surface area (Å²) in [7, 11) is 1.90. The third kappa shape index (κ3) is 4.16. The minimum Gasteiger partial charge on any atom is -0.325 e. The molecular weight excluding hydrogens is 200 g/mol. The zero-order valence-electron chi connectivity index (χ0n) is 9.63. The van der Waals surface area contributed by atoms with Crippen LogP contribution in [-0.4, -0.2) is 19.5 Å². The van der Waals surface area contributed by atoms with Gasteiger partial charge in [-0.05, 0) is 19.2 Å². The Morgan fingerprint density at radius 1 is 1.38 bits per heavy atom. The summed E-state index contributed by atoms with van der Waals surface area (Å²) in [6, 6.07) is 7.54. The van der Waals surface area contributed by atoms with Crippen LogP contribution in [0.1, 0.15) is 18.9 Å². The third-order valence-electron chi connectivity index (χ3n) is 1.96. The number of amides is 1. The molecule has 3 heteroatoms. The van der Waals surface area contributed by atoms with Gasteiger partial charge >= 0.3 is 0 Å². The molecule has 0 unspecified atom stereocenters. The number of carbonyl (C=O) groups excluding carboxylic acids is 1. The van der Waals surface area contributed by atoms with Crippen molar-refractivity contribution in [1.29, 1.82) is 0 Å². The van der Waals surface area contributed by atoms with E-state index in [1.807, 2.05) is 31.3 Å². The molecule has 0 atom stereocenters. The van der Waals surface area contributed by atoms with E-state index in [0.717, 1.165) is 24.2 Å². The van der Waals surface area contributed by atoms with E-state index in [9.17, 15) is 4.79 Å². The lowest BCUT2D eigenvalue weighted by Gasteiger charge is -2.03. The highest BCUT2D eigenvalue weighted by atomic mass is 16.1. The van der Waals surface area contributed by atoms with Gasteiger partial charge in [0, 0.05) is 25.5 Å². The number of carbonyl (C=O) groups is 1. The van der Waals surface area contributed by atoms with Crippen LogP contribution in [0.5, 0.6) is 0 Å². The fourth-order valence-corrected chi connectivity index (χ4v) is 1.24. The number of hydrogen-bond donors (Lipinski definition) is 2. The summed E-state index contributed by atoms with van der Waals surface area (Å²) in [6.07, 6.45) is 0.797. The number of hydrogen-bond acceptors (Lipinski definition) is 2. The summed E-state index contributed by atoms with van der Waals surface area (Å²) in [6.45, 7) is 2.36. The molecular formula is C13H16N2O. The summed E-state index contributed by atoms with van der Waals surface area (Å²) in [5, 5.41) is 5.79. The standard InChI is InChI=1S/C13H16N2O/c1-11(16)15-13-9-4-3-7-12(13)8-5-6-10-14-2/h3-4,7,9,14H,6,10H2,1-2H3,(H,15,16). The molecule has 1 amide bonds. The van der Waals surface area contributed by atoms with Gasteiger partial charge in [-0.25, -0.2) is 0 Å². The molecule has 1 aromatic carbocycles. The Hall–Kier alpha value is -1.79. The molecule has 0 radical (unpaired) electrons. The van der Waals surface area contributed by atoms with E-state index in [0.29, 0.717) is 0 Å². The topological polar surface area (TPSA) is 41.1 Å². The first-order valence-electron chi connectivity index (χ1n) is 5.24. The summed E-state index contributed by atoms with van der Waals surface area (Å²) < 4.78 is 0. The molecule has 0 bridgehead atoms. The number of benzene rings is 1. The Balaban J connectivity index is 2.76. The van der Waals surface area contributed by atoms with Crippen molar-refractivity contribution in [1.82, 2.24) is 5.32 Å². The average molecular weight is 216 g/mol. The van der Waals surface area contributed by atoms with Crippen LogP contribution in [0.25, 0.3) is 0 Å². The number of anilines is 1. The predicted molar refractivity (Wildman–Crippen MR) is 66.2 cm³/mol. The van der Waals surface area contributed by atoms with Gasteiger partial charge in [0.25, 0.3) is 0 Å². The van der Waals surface area contributed by atoms with Crippen molar-refractivity contribution in [3.8, 4) is 11.8 Å². The van der Waals surface area contributed by atoms with E-state index in [4.69, 9.17) is 0 Å². The van der Waals surface area contributed by atoms with Crippen molar-refractivity contribution in [3.05, 3.63) is 29.8 Å². The van der Waals surface area contributed by atoms with Gasteiger partial charge in [-0.15, -0.1) is 0 Å². The number of rotatable bonds is 3. The van der Waals surface area contributed by atoms with Crippen molar-refractivity contribution >= 4 is 11.6 Å². The molecule has 0 saturated carbocycles. The van der Waals surface area contributed by atoms with Gasteiger partial charge in [-0.3, -0.25) is 4.79 Å². The molecule has 0 heterocycles. The first-order valence-corrected chi connectivity index (χ1v) is 5.24. The Kier molecular flexibility index (Phi) is 5.10. The van der Waals surface area contributed by atoms with Gasteiger partial charge in [0.15, 0.2) is 0 Å². The normalized spacial score (nSPS) is 9.12. The maximum absolute atomic E-state index is 11.0. The first kappa shape index (κ1) is 12.3. The van der Waals surface area contributed by atoms with Gasteiger partial charge < -0.3 is 10.6 Å². The van der Waals surface area contributed by atoms with E-state index < -0.39 is 0 Å². The van der Waals surface area contributed by atoms with Crippen molar-refractivity contribution < 1.29 is 4.79 Å². The molecule has 2 N–H and O–H groups in total. The van der Waals surface area contributed by atoms with Gasteiger partial charge in [0.1, 0.15) is 0 Å². The lowest BCUT2D eigenvalue weighted by atomic mass is 10.1. The molecule has 1 rings (SSSR count). The Morgan fingerprint density at radius 3 is 2.81 bits per heavy atom. The highest BCUT2D eigenvalue weighted by molar-refractivity contribution is 5.90. The highest BCUT2D eigenvalue weighted by Gasteiger charge is 1.99. The molecule has 3 nitrogen and oxygen atoms in total. The van der Waals surface area contributed by atoms with Crippen LogP contribution in [0.15, 0.2) is 24.3 Å². The molecule has 16 heavy (non-hydrogen) atoms. The zero-order valence-corrected chi connectivity index (χ0v) is 9.63. The van der Waals surface area contributed by atoms with Gasteiger partial charge in [0.2, 0.25) is 5.91 Å². The van der Waals surface area contributed by atoms with Crippen LogP contribution >= 0.6 is 0 Å². The number of para-hydroxylation sites is 1. The summed E-state index contributed by atoms with van der Waals surface area (Å²) in [5.74, 6) is 6.02. The Bertz CT molecular complexity index is 415. The summed E-state index contributed by atoms with van der Waals surface area (Å²) in [4.78, 5) is 11.0. The number of nitrogens with one attached hydrogen (secondary N) is 2. The van der Waals surface area contributed by atoms with E-state index >= 15 is 0 Å². The van der Waals surface area contributed by atoms with Crippen molar-refractivity contribution in [2.24, 2.45) is 0 Å². The van der Waals surface area contributed by atoms with E-state index in [1.54, 1.807) is 0 Å². The molecule has 0 fully saturated rings. The van der Waals surface area contributed by atoms with Crippen LogP contribution in [0.2, 0.25) is 0 Å². The maximum Gasteiger partial charge on any atom is 0.221 e. The Labute approximate surface area is 96.2 Å². The molecule has 0 aliphatic rings. The monoisotopic (exact) mass is 216 g/mol. The fraction of sp³-hybridized carbons (Fsp3) is 0.308. The van der Waals surface area contributed by atoms with E-state index in [1.165, 1.54) is 6.92 Å². The molecule has 0 aliphatic heterocycles. The minimum atomic E-state index is -0.0792. The zero-order chi connectivity index (χ0) is 11.8. The minimum absolute atomic E-state index is 0.0792. The smallest absolute Gasteiger partial charge is 0.221 e. The van der Waals surface area contributed by atoms with Crippen LogP contribution in [0.4, 0.5) is 5.69 Å².